The van der Waals surface area contributed by atoms with E-state index in [0.717, 1.165) is 19.3 Å². The lowest BCUT2D eigenvalue weighted by Crippen LogP contribution is -2.37. The van der Waals surface area contributed by atoms with Crippen LogP contribution in [-0.2, 0) is 11.2 Å². The Hall–Kier alpha value is -2.59. The first-order valence-electron chi connectivity index (χ1n) is 13.8. The highest BCUT2D eigenvalue weighted by molar-refractivity contribution is 5.64. The number of allylic oxidation sites excluding steroid dienone is 4. The molecular weight excluding hydrogens is 458 g/mol. The van der Waals surface area contributed by atoms with Crippen molar-refractivity contribution in [2.45, 2.75) is 79.9 Å². The Balaban J connectivity index is 2.69. The molecule has 1 aromatic rings. The summed E-state index contributed by atoms with van der Waals surface area (Å²) >= 11 is 0. The second-order valence-corrected chi connectivity index (χ2v) is 11.0. The molecule has 0 bridgehead atoms. The van der Waals surface area contributed by atoms with Crippen LogP contribution in [-0.4, -0.2) is 23.4 Å². The van der Waals surface area contributed by atoms with Crippen LogP contribution in [0.3, 0.4) is 0 Å². The lowest BCUT2D eigenvalue weighted by molar-refractivity contribution is 0.0233. The number of benzene rings is 1. The number of aliphatic hydroxyl groups excluding tert-OH is 1. The molecule has 4 nitrogen and oxygen atoms in total. The second-order valence-electron chi connectivity index (χ2n) is 11.0. The lowest BCUT2D eigenvalue weighted by Gasteiger charge is -2.34. The number of carbonyl (C=O) groups is 1. The fourth-order valence-corrected chi connectivity index (χ4v) is 5.12. The molecule has 0 aliphatic carbocycles. The van der Waals surface area contributed by atoms with Crippen LogP contribution in [0.5, 0.6) is 0 Å². The maximum Gasteiger partial charge on any atom is 0.404 e. The molecule has 0 spiro atoms. The normalized spacial score (nSPS) is 19.1. The number of hydrogen-bond acceptors (Lipinski definition) is 3. The van der Waals surface area contributed by atoms with Crippen molar-refractivity contribution >= 4 is 6.09 Å². The molecule has 0 unspecified atom stereocenters. The number of nitrogens with two attached hydrogens (primary N) is 1. The molecule has 0 aliphatic rings. The number of rotatable bonds is 16. The zero-order valence-electron chi connectivity index (χ0n) is 24.1. The van der Waals surface area contributed by atoms with Crippen LogP contribution in [0.1, 0.15) is 66.9 Å². The molecule has 3 N–H and O–H groups in total. The van der Waals surface area contributed by atoms with Crippen LogP contribution < -0.4 is 5.73 Å². The third kappa shape index (κ3) is 12.0. The van der Waals surface area contributed by atoms with E-state index in [1.807, 2.05) is 25.1 Å². The Bertz CT molecular complexity index is 888. The van der Waals surface area contributed by atoms with Gasteiger partial charge >= 0.3 is 6.09 Å². The molecule has 0 radical (unpaired) electrons. The predicted molar refractivity (Wildman–Crippen MR) is 157 cm³/mol. The average Bonchev–Trinajstić information content (AvgIpc) is 2.87. The number of carbonyl (C=O) groups excluding carboxylic acids is 1. The summed E-state index contributed by atoms with van der Waals surface area (Å²) in [4.78, 5) is 11.6. The first-order chi connectivity index (χ1) is 17.5. The first kappa shape index (κ1) is 32.4. The minimum Gasteiger partial charge on any atom is -0.445 e. The lowest BCUT2D eigenvalue weighted by atomic mass is 9.76. The number of amides is 1. The van der Waals surface area contributed by atoms with Gasteiger partial charge in [-0.15, -0.1) is 0 Å². The van der Waals surface area contributed by atoms with Gasteiger partial charge in [0.25, 0.3) is 0 Å². The van der Waals surface area contributed by atoms with Gasteiger partial charge in [-0.1, -0.05) is 120 Å². The minimum absolute atomic E-state index is 0.0317. The number of aliphatic hydroxyl groups is 1. The second kappa shape index (κ2) is 17.0. The zero-order chi connectivity index (χ0) is 28.0. The van der Waals surface area contributed by atoms with Crippen molar-refractivity contribution in [1.82, 2.24) is 0 Å². The van der Waals surface area contributed by atoms with E-state index < -0.39 is 12.2 Å². The van der Waals surface area contributed by atoms with E-state index in [1.54, 1.807) is 6.08 Å². The third-order valence-electron chi connectivity index (χ3n) is 7.72. The molecule has 4 heteroatoms. The van der Waals surface area contributed by atoms with Crippen LogP contribution in [0, 0.1) is 35.5 Å². The monoisotopic (exact) mass is 509 g/mol. The Morgan fingerprint density at radius 2 is 1.65 bits per heavy atom. The predicted octanol–water partition coefficient (Wildman–Crippen LogP) is 7.90. The summed E-state index contributed by atoms with van der Waals surface area (Å²) in [6, 6.07) is 10.5. The van der Waals surface area contributed by atoms with Crippen molar-refractivity contribution in [2.24, 2.45) is 41.2 Å². The van der Waals surface area contributed by atoms with Crippen molar-refractivity contribution in [3.8, 4) is 0 Å². The molecule has 37 heavy (non-hydrogen) atoms. The van der Waals surface area contributed by atoms with Crippen molar-refractivity contribution < 1.29 is 14.6 Å². The fraction of sp³-hybridized carbons (Fsp3) is 0.545. The number of ether oxygens (including phenoxy) is 1. The van der Waals surface area contributed by atoms with Crippen LogP contribution in [0.4, 0.5) is 4.79 Å². The van der Waals surface area contributed by atoms with Gasteiger partial charge in [0.15, 0.2) is 0 Å². The molecule has 0 fully saturated rings. The Labute approximate surface area is 226 Å². The zero-order valence-corrected chi connectivity index (χ0v) is 24.1. The van der Waals surface area contributed by atoms with Gasteiger partial charge in [0.05, 0.1) is 6.10 Å². The van der Waals surface area contributed by atoms with E-state index in [1.165, 1.54) is 11.1 Å². The summed E-state index contributed by atoms with van der Waals surface area (Å²) in [6.45, 7) is 18.6. The minimum atomic E-state index is -0.738. The van der Waals surface area contributed by atoms with Gasteiger partial charge in [-0.25, -0.2) is 4.79 Å². The van der Waals surface area contributed by atoms with Gasteiger partial charge in [0.2, 0.25) is 0 Å². The van der Waals surface area contributed by atoms with Crippen molar-refractivity contribution in [3.63, 3.8) is 0 Å². The quantitative estimate of drug-likeness (QED) is 0.176. The van der Waals surface area contributed by atoms with Gasteiger partial charge in [-0.3, -0.25) is 0 Å². The van der Waals surface area contributed by atoms with Crippen LogP contribution in [0.15, 0.2) is 78.9 Å². The van der Waals surface area contributed by atoms with Gasteiger partial charge in [-0.2, -0.15) is 0 Å². The Morgan fingerprint density at radius 3 is 2.24 bits per heavy atom. The molecule has 1 rings (SSSR count). The van der Waals surface area contributed by atoms with Gasteiger partial charge in [-0.05, 0) is 49.5 Å². The molecule has 8 atom stereocenters. The van der Waals surface area contributed by atoms with E-state index >= 15 is 0 Å². The molecular formula is C33H51NO3. The first-order valence-corrected chi connectivity index (χ1v) is 13.8. The molecule has 0 aliphatic heterocycles. The van der Waals surface area contributed by atoms with E-state index in [-0.39, 0.29) is 29.8 Å². The third-order valence-corrected chi connectivity index (χ3v) is 7.72. The highest BCUT2D eigenvalue weighted by Gasteiger charge is 2.32. The summed E-state index contributed by atoms with van der Waals surface area (Å²) < 4.78 is 5.53. The summed E-state index contributed by atoms with van der Waals surface area (Å²) in [7, 11) is 0. The molecule has 1 aromatic carbocycles. The summed E-state index contributed by atoms with van der Waals surface area (Å²) in [6.07, 6.45) is 13.6. The molecule has 1 amide bonds. The Morgan fingerprint density at radius 1 is 1.00 bits per heavy atom. The van der Waals surface area contributed by atoms with Crippen LogP contribution in [0.2, 0.25) is 0 Å². The summed E-state index contributed by atoms with van der Waals surface area (Å²) in [5.41, 5.74) is 7.99. The number of hydrogen-bond donors (Lipinski definition) is 2. The number of aryl methyl sites for hydroxylation is 1. The molecule has 206 valence electrons. The van der Waals surface area contributed by atoms with E-state index in [4.69, 9.17) is 10.5 Å². The summed E-state index contributed by atoms with van der Waals surface area (Å²) in [5, 5.41) is 10.9. The maximum absolute atomic E-state index is 11.6. The fourth-order valence-electron chi connectivity index (χ4n) is 5.12. The van der Waals surface area contributed by atoms with E-state index in [0.29, 0.717) is 11.8 Å². The standard InChI is InChI=1S/C33H51NO3/c1-9-10-16-25(4)32(37-33(34)36)29(8)28(7)26(5)21-23(2)22-27(6)31(35)24(3)17-14-15-20-30-18-12-11-13-19-30/h9-14,16-19,22,24-29,31-32,35H,1,15,20-21H2,2-8H3,(H2,34,36)/b16-10-,17-14+,23-22-/t24-,25-,26-,27-,28-,29-,31-,32-/m0/s1. The summed E-state index contributed by atoms with van der Waals surface area (Å²) in [5.74, 6) is 0.985. The van der Waals surface area contributed by atoms with Crippen molar-refractivity contribution in [3.05, 3.63) is 84.5 Å². The topological polar surface area (TPSA) is 72.5 Å². The SMILES string of the molecule is C=C/C=C\[C@H](C)[C@H](OC(N)=O)[C@@H](C)[C@@H](C)[C@@H](C)C/C(C)=C\[C@H](C)[C@@H](O)[C@@H](C)/C=C/CCc1ccccc1. The van der Waals surface area contributed by atoms with Gasteiger partial charge < -0.3 is 15.6 Å². The average molecular weight is 510 g/mol. The van der Waals surface area contributed by atoms with Crippen molar-refractivity contribution in [1.29, 1.82) is 0 Å². The van der Waals surface area contributed by atoms with Crippen LogP contribution in [0.25, 0.3) is 0 Å². The maximum atomic E-state index is 11.6. The van der Waals surface area contributed by atoms with E-state index in [9.17, 15) is 9.90 Å². The Kier molecular flexibility index (Phi) is 14.9. The van der Waals surface area contributed by atoms with Crippen LogP contribution >= 0.6 is 0 Å². The molecule has 0 aromatic heterocycles. The van der Waals surface area contributed by atoms with E-state index in [2.05, 4.69) is 90.6 Å². The molecule has 0 saturated heterocycles. The smallest absolute Gasteiger partial charge is 0.404 e. The highest BCUT2D eigenvalue weighted by Crippen LogP contribution is 2.33. The van der Waals surface area contributed by atoms with Gasteiger partial charge in [0, 0.05) is 17.8 Å². The van der Waals surface area contributed by atoms with Gasteiger partial charge in [0.1, 0.15) is 6.10 Å². The number of primary amides is 1. The van der Waals surface area contributed by atoms with Crippen molar-refractivity contribution in [2.75, 3.05) is 0 Å². The largest absolute Gasteiger partial charge is 0.445 e. The molecule has 0 saturated carbocycles. The highest BCUT2D eigenvalue weighted by atomic mass is 16.6. The molecule has 0 heterocycles.